The largest absolute Gasteiger partial charge is 0.489 e. The Balaban J connectivity index is 1.38. The van der Waals surface area contributed by atoms with Crippen LogP contribution in [-0.2, 0) is 6.61 Å². The summed E-state index contributed by atoms with van der Waals surface area (Å²) in [6.45, 7) is 0.487. The molecule has 4 aromatic rings. The molecular weight excluding hydrogens is 344 g/mol. The first kappa shape index (κ1) is 17.7. The fraction of sp³-hybridized carbons (Fsp3) is 0.0385. The molecule has 0 saturated carbocycles. The summed E-state index contributed by atoms with van der Waals surface area (Å²) in [4.78, 5) is 12.4. The third kappa shape index (κ3) is 4.18. The van der Waals surface area contributed by atoms with Gasteiger partial charge in [-0.2, -0.15) is 0 Å². The molecule has 0 aliphatic rings. The number of benzene rings is 4. The first-order chi connectivity index (χ1) is 13.8. The summed E-state index contributed by atoms with van der Waals surface area (Å²) in [5.74, 6) is 0.764. The van der Waals surface area contributed by atoms with Crippen LogP contribution in [0.3, 0.4) is 0 Å². The second-order valence-electron chi connectivity index (χ2n) is 6.57. The maximum atomic E-state index is 12.4. The summed E-state index contributed by atoms with van der Waals surface area (Å²) in [5, 5.41) is 0. The van der Waals surface area contributed by atoms with E-state index in [4.69, 9.17) is 4.74 Å². The molecule has 0 fully saturated rings. The van der Waals surface area contributed by atoms with Gasteiger partial charge in [0.05, 0.1) is 0 Å². The lowest BCUT2D eigenvalue weighted by atomic mass is 10.0. The molecule has 4 aromatic carbocycles. The van der Waals surface area contributed by atoms with Gasteiger partial charge in [-0.05, 0) is 41.0 Å². The predicted octanol–water partition coefficient (Wildman–Crippen LogP) is 6.16. The van der Waals surface area contributed by atoms with Crippen molar-refractivity contribution < 1.29 is 9.53 Å². The van der Waals surface area contributed by atoms with Crippen LogP contribution < -0.4 is 4.74 Å². The van der Waals surface area contributed by atoms with Crippen LogP contribution >= 0.6 is 0 Å². The van der Waals surface area contributed by atoms with Crippen LogP contribution in [0.2, 0.25) is 0 Å². The van der Waals surface area contributed by atoms with E-state index in [2.05, 4.69) is 36.4 Å². The van der Waals surface area contributed by atoms with Gasteiger partial charge in [-0.1, -0.05) is 84.9 Å². The topological polar surface area (TPSA) is 26.3 Å². The molecule has 0 saturated heterocycles. The minimum atomic E-state index is 0.0173. The molecule has 2 nitrogen and oxygen atoms in total. The number of carbonyl (C=O) groups is 1. The third-order valence-electron chi connectivity index (χ3n) is 4.62. The fourth-order valence-corrected chi connectivity index (χ4v) is 3.05. The molecule has 0 spiro atoms. The third-order valence-corrected chi connectivity index (χ3v) is 4.62. The molecule has 136 valence electrons. The number of hydrogen-bond donors (Lipinski definition) is 0. The standard InChI is InChI=1S/C26H20O2/c27-26(23-9-5-2-6-10-23)24-15-17-25(18-16-24)28-19-20-11-13-22(14-12-20)21-7-3-1-4-8-21/h1-18H,19H2. The van der Waals surface area contributed by atoms with Gasteiger partial charge in [0.1, 0.15) is 12.4 Å². The van der Waals surface area contributed by atoms with Gasteiger partial charge in [0.15, 0.2) is 5.78 Å². The van der Waals surface area contributed by atoms with Crippen molar-refractivity contribution in [3.63, 3.8) is 0 Å². The molecule has 0 N–H and O–H groups in total. The molecule has 0 atom stereocenters. The lowest BCUT2D eigenvalue weighted by Crippen LogP contribution is -2.01. The number of rotatable bonds is 6. The molecule has 0 unspecified atom stereocenters. The van der Waals surface area contributed by atoms with E-state index in [0.717, 1.165) is 11.3 Å². The van der Waals surface area contributed by atoms with Crippen LogP contribution in [0.4, 0.5) is 0 Å². The van der Waals surface area contributed by atoms with E-state index in [1.807, 2.05) is 72.8 Å². The first-order valence-corrected chi connectivity index (χ1v) is 9.26. The highest BCUT2D eigenvalue weighted by Gasteiger charge is 2.08. The zero-order chi connectivity index (χ0) is 19.2. The van der Waals surface area contributed by atoms with E-state index in [9.17, 15) is 4.79 Å². The summed E-state index contributed by atoms with van der Waals surface area (Å²) in [5.41, 5.74) is 4.84. The predicted molar refractivity (Wildman–Crippen MR) is 113 cm³/mol. The molecule has 28 heavy (non-hydrogen) atoms. The highest BCUT2D eigenvalue weighted by Crippen LogP contribution is 2.21. The maximum absolute atomic E-state index is 12.4. The number of ketones is 1. The van der Waals surface area contributed by atoms with Crippen LogP contribution in [0.1, 0.15) is 21.5 Å². The van der Waals surface area contributed by atoms with Gasteiger partial charge in [-0.25, -0.2) is 0 Å². The monoisotopic (exact) mass is 364 g/mol. The van der Waals surface area contributed by atoms with Gasteiger partial charge in [0.25, 0.3) is 0 Å². The van der Waals surface area contributed by atoms with Crippen LogP contribution in [0.25, 0.3) is 11.1 Å². The van der Waals surface area contributed by atoms with Gasteiger partial charge in [0, 0.05) is 11.1 Å². The van der Waals surface area contributed by atoms with Crippen molar-refractivity contribution in [1.29, 1.82) is 0 Å². The molecule has 4 rings (SSSR count). The second-order valence-corrected chi connectivity index (χ2v) is 6.57. The quantitative estimate of drug-likeness (QED) is 0.383. The average molecular weight is 364 g/mol. The summed E-state index contributed by atoms with van der Waals surface area (Å²) in [6.07, 6.45) is 0. The molecule has 0 heterocycles. The Morgan fingerprint density at radius 3 is 1.75 bits per heavy atom. The van der Waals surface area contributed by atoms with Crippen molar-refractivity contribution >= 4 is 5.78 Å². The Morgan fingerprint density at radius 1 is 0.571 bits per heavy atom. The molecule has 0 amide bonds. The van der Waals surface area contributed by atoms with Crippen LogP contribution in [0.15, 0.2) is 109 Å². The van der Waals surface area contributed by atoms with E-state index in [1.54, 1.807) is 0 Å². The lowest BCUT2D eigenvalue weighted by Gasteiger charge is -2.08. The van der Waals surface area contributed by atoms with Crippen molar-refractivity contribution in [2.75, 3.05) is 0 Å². The van der Waals surface area contributed by atoms with Crippen molar-refractivity contribution in [3.8, 4) is 16.9 Å². The average Bonchev–Trinajstić information content (AvgIpc) is 2.79. The smallest absolute Gasteiger partial charge is 0.193 e. The zero-order valence-electron chi connectivity index (χ0n) is 15.4. The number of ether oxygens (including phenoxy) is 1. The summed E-state index contributed by atoms with van der Waals surface area (Å²) in [6, 6.07) is 35.3. The molecule has 0 aromatic heterocycles. The number of hydrogen-bond acceptors (Lipinski definition) is 2. The van der Waals surface area contributed by atoms with Gasteiger partial charge in [-0.3, -0.25) is 4.79 Å². The first-order valence-electron chi connectivity index (χ1n) is 9.26. The lowest BCUT2D eigenvalue weighted by molar-refractivity contribution is 0.103. The van der Waals surface area contributed by atoms with Crippen molar-refractivity contribution in [2.45, 2.75) is 6.61 Å². The van der Waals surface area contributed by atoms with E-state index in [0.29, 0.717) is 17.7 Å². The molecule has 0 radical (unpaired) electrons. The van der Waals surface area contributed by atoms with Crippen LogP contribution in [-0.4, -0.2) is 5.78 Å². The van der Waals surface area contributed by atoms with Gasteiger partial charge in [0.2, 0.25) is 0 Å². The second kappa shape index (κ2) is 8.36. The number of carbonyl (C=O) groups excluding carboxylic acids is 1. The van der Waals surface area contributed by atoms with E-state index in [-0.39, 0.29) is 5.78 Å². The SMILES string of the molecule is O=C(c1ccccc1)c1ccc(OCc2ccc(-c3ccccc3)cc2)cc1. The normalized spacial score (nSPS) is 10.4. The Labute approximate surface area is 165 Å². The highest BCUT2D eigenvalue weighted by molar-refractivity contribution is 6.08. The Hall–Kier alpha value is -3.65. The van der Waals surface area contributed by atoms with Crippen LogP contribution in [0, 0.1) is 0 Å². The zero-order valence-corrected chi connectivity index (χ0v) is 15.4. The van der Waals surface area contributed by atoms with Gasteiger partial charge < -0.3 is 4.74 Å². The summed E-state index contributed by atoms with van der Waals surface area (Å²) >= 11 is 0. The maximum Gasteiger partial charge on any atom is 0.193 e. The van der Waals surface area contributed by atoms with Crippen molar-refractivity contribution in [3.05, 3.63) is 126 Å². The van der Waals surface area contributed by atoms with Crippen molar-refractivity contribution in [1.82, 2.24) is 0 Å². The molecule has 2 heteroatoms. The van der Waals surface area contributed by atoms with Crippen LogP contribution in [0.5, 0.6) is 5.75 Å². The minimum Gasteiger partial charge on any atom is -0.489 e. The fourth-order valence-electron chi connectivity index (χ4n) is 3.05. The van der Waals surface area contributed by atoms with E-state index in [1.165, 1.54) is 11.1 Å². The highest BCUT2D eigenvalue weighted by atomic mass is 16.5. The molecular formula is C26H20O2. The Kier molecular flexibility index (Phi) is 5.30. The molecule has 0 aliphatic heterocycles. The Morgan fingerprint density at radius 2 is 1.11 bits per heavy atom. The molecule has 0 bridgehead atoms. The summed E-state index contributed by atoms with van der Waals surface area (Å²) < 4.78 is 5.87. The van der Waals surface area contributed by atoms with Gasteiger partial charge >= 0.3 is 0 Å². The molecule has 0 aliphatic carbocycles. The van der Waals surface area contributed by atoms with Gasteiger partial charge in [-0.15, -0.1) is 0 Å². The van der Waals surface area contributed by atoms with Crippen molar-refractivity contribution in [2.24, 2.45) is 0 Å². The summed E-state index contributed by atoms with van der Waals surface area (Å²) in [7, 11) is 0. The Bertz CT molecular complexity index is 1040. The minimum absolute atomic E-state index is 0.0173. The van der Waals surface area contributed by atoms with E-state index >= 15 is 0 Å². The van der Waals surface area contributed by atoms with E-state index < -0.39 is 0 Å².